The van der Waals surface area contributed by atoms with Crippen LogP contribution in [0.2, 0.25) is 0 Å². The number of benzene rings is 1. The highest BCUT2D eigenvalue weighted by Crippen LogP contribution is 2.40. The number of carbonyl (C=O) groups is 2. The third-order valence-electron chi connectivity index (χ3n) is 4.75. The van der Waals surface area contributed by atoms with Crippen molar-refractivity contribution in [1.29, 1.82) is 0 Å². The van der Waals surface area contributed by atoms with Crippen LogP contribution in [0.25, 0.3) is 0 Å². The number of esters is 1. The first-order valence-electron chi connectivity index (χ1n) is 9.40. The first-order valence-corrected chi connectivity index (χ1v) is 10.2. The van der Waals surface area contributed by atoms with Crippen molar-refractivity contribution in [3.05, 3.63) is 45.8 Å². The zero-order valence-electron chi connectivity index (χ0n) is 16.1. The third-order valence-corrected chi connectivity index (χ3v) is 5.92. The van der Waals surface area contributed by atoms with E-state index in [1.165, 1.54) is 21.8 Å². The number of nitrogens with one attached hydrogen (secondary N) is 2. The van der Waals surface area contributed by atoms with Crippen molar-refractivity contribution in [2.75, 3.05) is 23.8 Å². The van der Waals surface area contributed by atoms with Crippen LogP contribution in [0.3, 0.4) is 0 Å². The molecule has 27 heavy (non-hydrogen) atoms. The normalized spacial score (nSPS) is 15.7. The van der Waals surface area contributed by atoms with Crippen molar-refractivity contribution in [3.63, 3.8) is 0 Å². The zero-order chi connectivity index (χ0) is 19.4. The Hall–Kier alpha value is -2.34. The molecule has 0 saturated heterocycles. The van der Waals surface area contributed by atoms with Crippen LogP contribution >= 0.6 is 11.3 Å². The molecular formula is C21H26N2O3S. The van der Waals surface area contributed by atoms with Gasteiger partial charge in [0.2, 0.25) is 5.91 Å². The van der Waals surface area contributed by atoms with E-state index in [1.54, 1.807) is 6.92 Å². The highest BCUT2D eigenvalue weighted by molar-refractivity contribution is 7.17. The molecule has 1 amide bonds. The minimum absolute atomic E-state index is 0.143. The first kappa shape index (κ1) is 19.4. The number of rotatable bonds is 6. The van der Waals surface area contributed by atoms with Crippen LogP contribution in [0.5, 0.6) is 0 Å². The largest absolute Gasteiger partial charge is 0.462 e. The summed E-state index contributed by atoms with van der Waals surface area (Å²) < 4.78 is 5.24. The predicted octanol–water partition coefficient (Wildman–Crippen LogP) is 4.41. The number of anilines is 2. The van der Waals surface area contributed by atoms with Crippen molar-refractivity contribution < 1.29 is 14.3 Å². The highest BCUT2D eigenvalue weighted by Gasteiger charge is 2.29. The fourth-order valence-corrected chi connectivity index (χ4v) is 4.70. The smallest absolute Gasteiger partial charge is 0.341 e. The molecule has 0 fully saturated rings. The molecule has 1 aromatic carbocycles. The van der Waals surface area contributed by atoms with Crippen molar-refractivity contribution in [1.82, 2.24) is 0 Å². The molecule has 0 spiro atoms. The summed E-state index contributed by atoms with van der Waals surface area (Å²) in [6, 6.07) is 7.87. The van der Waals surface area contributed by atoms with Gasteiger partial charge >= 0.3 is 5.97 Å². The van der Waals surface area contributed by atoms with E-state index in [4.69, 9.17) is 4.74 Å². The molecule has 1 aliphatic carbocycles. The van der Waals surface area contributed by atoms with Gasteiger partial charge in [-0.1, -0.05) is 24.6 Å². The lowest BCUT2D eigenvalue weighted by Gasteiger charge is -2.18. The van der Waals surface area contributed by atoms with E-state index in [-0.39, 0.29) is 18.4 Å². The molecule has 1 aliphatic rings. The summed E-state index contributed by atoms with van der Waals surface area (Å²) in [5.41, 5.74) is 3.66. The van der Waals surface area contributed by atoms with Crippen molar-refractivity contribution in [2.45, 2.75) is 40.0 Å². The number of thiophene rings is 1. The van der Waals surface area contributed by atoms with Gasteiger partial charge in [0.1, 0.15) is 5.00 Å². The molecule has 0 aliphatic heterocycles. The molecular weight excluding hydrogens is 360 g/mol. The molecule has 0 bridgehead atoms. The lowest BCUT2D eigenvalue weighted by atomic mass is 9.88. The highest BCUT2D eigenvalue weighted by atomic mass is 32.1. The van der Waals surface area contributed by atoms with E-state index in [0.29, 0.717) is 23.1 Å². The van der Waals surface area contributed by atoms with E-state index in [2.05, 4.69) is 17.6 Å². The third kappa shape index (κ3) is 4.69. The lowest BCUT2D eigenvalue weighted by molar-refractivity contribution is -0.114. The second-order valence-electron chi connectivity index (χ2n) is 7.04. The van der Waals surface area contributed by atoms with E-state index in [9.17, 15) is 9.59 Å². The van der Waals surface area contributed by atoms with E-state index in [0.717, 1.165) is 30.5 Å². The maximum absolute atomic E-state index is 12.5. The van der Waals surface area contributed by atoms with Crippen LogP contribution in [0.1, 0.15) is 46.6 Å². The fourth-order valence-electron chi connectivity index (χ4n) is 3.28. The van der Waals surface area contributed by atoms with E-state index in [1.807, 2.05) is 31.2 Å². The van der Waals surface area contributed by atoms with Crippen LogP contribution < -0.4 is 10.6 Å². The molecule has 2 aromatic rings. The summed E-state index contributed by atoms with van der Waals surface area (Å²) in [5, 5.41) is 6.64. The van der Waals surface area contributed by atoms with Crippen LogP contribution in [0.15, 0.2) is 24.3 Å². The molecule has 5 nitrogen and oxygen atoms in total. The van der Waals surface area contributed by atoms with Gasteiger partial charge in [-0.2, -0.15) is 0 Å². The molecule has 1 atom stereocenters. The number of ether oxygens (including phenoxy) is 1. The Labute approximate surface area is 164 Å². The molecule has 0 radical (unpaired) electrons. The van der Waals surface area contributed by atoms with Gasteiger partial charge in [-0.25, -0.2) is 4.79 Å². The average Bonchev–Trinajstić information content (AvgIpc) is 2.98. The number of hydrogen-bond donors (Lipinski definition) is 2. The number of amides is 1. The van der Waals surface area contributed by atoms with Crippen LogP contribution in [-0.2, 0) is 22.4 Å². The van der Waals surface area contributed by atoms with Gasteiger partial charge in [-0.15, -0.1) is 11.3 Å². The molecule has 1 aromatic heterocycles. The molecule has 0 saturated carbocycles. The predicted molar refractivity (Wildman–Crippen MR) is 110 cm³/mol. The molecule has 1 unspecified atom stereocenters. The Morgan fingerprint density at radius 1 is 1.26 bits per heavy atom. The lowest BCUT2D eigenvalue weighted by Crippen LogP contribution is -2.22. The number of aryl methyl sites for hydroxylation is 1. The summed E-state index contributed by atoms with van der Waals surface area (Å²) in [4.78, 5) is 26.1. The Bertz CT molecular complexity index is 827. The summed E-state index contributed by atoms with van der Waals surface area (Å²) in [6.07, 6.45) is 2.86. The summed E-state index contributed by atoms with van der Waals surface area (Å²) in [5.74, 6) is 0.0806. The van der Waals surface area contributed by atoms with Crippen LogP contribution in [-0.4, -0.2) is 25.0 Å². The first-order chi connectivity index (χ1) is 13.0. The molecule has 3 rings (SSSR count). The van der Waals surface area contributed by atoms with E-state index < -0.39 is 0 Å². The maximum Gasteiger partial charge on any atom is 0.341 e. The number of hydrogen-bond acceptors (Lipinski definition) is 5. The fraction of sp³-hybridized carbons (Fsp3) is 0.429. The van der Waals surface area contributed by atoms with Gasteiger partial charge in [0.15, 0.2) is 0 Å². The summed E-state index contributed by atoms with van der Waals surface area (Å²) in [7, 11) is 0. The minimum Gasteiger partial charge on any atom is -0.462 e. The summed E-state index contributed by atoms with van der Waals surface area (Å²) >= 11 is 1.51. The van der Waals surface area contributed by atoms with Crippen molar-refractivity contribution in [2.24, 2.45) is 5.92 Å². The molecule has 6 heteroatoms. The monoisotopic (exact) mass is 386 g/mol. The van der Waals surface area contributed by atoms with Gasteiger partial charge in [0.25, 0.3) is 0 Å². The van der Waals surface area contributed by atoms with Gasteiger partial charge in [-0.3, -0.25) is 4.79 Å². The standard InChI is InChI=1S/C21H26N2O3S/c1-4-26-21(25)19-16-10-7-14(3)11-17(16)27-20(19)23-18(24)12-22-15-8-5-13(2)6-9-15/h5-6,8-9,14,22H,4,7,10-12H2,1-3H3,(H,23,24). The minimum atomic E-state index is -0.341. The molecule has 2 N–H and O–H groups in total. The topological polar surface area (TPSA) is 67.4 Å². The Kier molecular flexibility index (Phi) is 6.16. The second kappa shape index (κ2) is 8.57. The molecule has 1 heterocycles. The van der Waals surface area contributed by atoms with Crippen LogP contribution in [0, 0.1) is 12.8 Å². The zero-order valence-corrected chi connectivity index (χ0v) is 16.9. The average molecular weight is 387 g/mol. The Morgan fingerprint density at radius 2 is 2.00 bits per heavy atom. The number of carbonyl (C=O) groups excluding carboxylic acids is 2. The summed E-state index contributed by atoms with van der Waals surface area (Å²) in [6.45, 7) is 6.50. The van der Waals surface area contributed by atoms with Gasteiger partial charge in [0, 0.05) is 10.6 Å². The molecule has 144 valence electrons. The quantitative estimate of drug-likeness (QED) is 0.722. The SMILES string of the molecule is CCOC(=O)c1c(NC(=O)CNc2ccc(C)cc2)sc2c1CCC(C)C2. The second-order valence-corrected chi connectivity index (χ2v) is 8.15. The maximum atomic E-state index is 12.5. The van der Waals surface area contributed by atoms with E-state index >= 15 is 0 Å². The van der Waals surface area contributed by atoms with Crippen molar-refractivity contribution >= 4 is 33.9 Å². The van der Waals surface area contributed by atoms with Gasteiger partial charge < -0.3 is 15.4 Å². The Morgan fingerprint density at radius 3 is 2.70 bits per heavy atom. The van der Waals surface area contributed by atoms with Crippen LogP contribution in [0.4, 0.5) is 10.7 Å². The van der Waals surface area contributed by atoms with Gasteiger partial charge in [0.05, 0.1) is 18.7 Å². The van der Waals surface area contributed by atoms with Gasteiger partial charge in [-0.05, 0) is 56.7 Å². The number of fused-ring (bicyclic) bond motifs is 1. The Balaban J connectivity index is 1.73. The van der Waals surface area contributed by atoms with Crippen molar-refractivity contribution in [3.8, 4) is 0 Å².